The van der Waals surface area contributed by atoms with Crippen molar-refractivity contribution in [2.24, 2.45) is 5.92 Å². The molecule has 4 heteroatoms. The molecule has 0 bridgehead atoms. The molecule has 16 heavy (non-hydrogen) atoms. The summed E-state index contributed by atoms with van der Waals surface area (Å²) in [6.07, 6.45) is 6.38. The van der Waals surface area contributed by atoms with E-state index in [1.54, 1.807) is 0 Å². The van der Waals surface area contributed by atoms with Crippen LogP contribution in [0.4, 0.5) is 0 Å². The Labute approximate surface area is 96.2 Å². The van der Waals surface area contributed by atoms with Gasteiger partial charge in [0.2, 0.25) is 11.8 Å². The van der Waals surface area contributed by atoms with E-state index in [0.29, 0.717) is 18.4 Å². The van der Waals surface area contributed by atoms with Gasteiger partial charge in [-0.05, 0) is 18.8 Å². The first kappa shape index (κ1) is 11.6. The molecule has 0 radical (unpaired) electrons. The van der Waals surface area contributed by atoms with Crippen LogP contribution in [0.1, 0.15) is 45.4 Å². The van der Waals surface area contributed by atoms with Crippen molar-refractivity contribution in [3.63, 3.8) is 0 Å². The van der Waals surface area contributed by atoms with Crippen LogP contribution in [0.15, 0.2) is 0 Å². The maximum atomic E-state index is 11.5. The highest BCUT2D eigenvalue weighted by Gasteiger charge is 2.34. The van der Waals surface area contributed by atoms with Crippen LogP contribution in [0.25, 0.3) is 0 Å². The summed E-state index contributed by atoms with van der Waals surface area (Å²) in [7, 11) is 0. The molecule has 2 N–H and O–H groups in total. The normalized spacial score (nSPS) is 35.2. The number of imide groups is 1. The lowest BCUT2D eigenvalue weighted by atomic mass is 9.82. The van der Waals surface area contributed by atoms with Gasteiger partial charge in [-0.15, -0.1) is 0 Å². The molecule has 0 aromatic heterocycles. The minimum atomic E-state index is -0.287. The average Bonchev–Trinajstić information content (AvgIpc) is 2.58. The van der Waals surface area contributed by atoms with Crippen molar-refractivity contribution in [2.75, 3.05) is 0 Å². The first-order valence-corrected chi connectivity index (χ1v) is 6.30. The number of carbonyl (C=O) groups excluding carboxylic acids is 2. The number of hydrogen-bond donors (Lipinski definition) is 2. The van der Waals surface area contributed by atoms with Gasteiger partial charge in [0.15, 0.2) is 0 Å². The zero-order chi connectivity index (χ0) is 11.5. The predicted molar refractivity (Wildman–Crippen MR) is 60.7 cm³/mol. The third kappa shape index (κ3) is 2.43. The first-order valence-electron chi connectivity index (χ1n) is 6.30. The highest BCUT2D eigenvalue weighted by atomic mass is 16.2. The fourth-order valence-corrected chi connectivity index (χ4v) is 2.86. The van der Waals surface area contributed by atoms with Gasteiger partial charge in [-0.25, -0.2) is 0 Å². The Balaban J connectivity index is 1.92. The minimum absolute atomic E-state index is 0.147. The van der Waals surface area contributed by atoms with Crippen LogP contribution in [0, 0.1) is 5.92 Å². The second-order valence-electron chi connectivity index (χ2n) is 4.90. The SMILES string of the molecule is CCC1CCCCC1NC1CC(=O)NC1=O. The summed E-state index contributed by atoms with van der Waals surface area (Å²) in [6, 6.07) is 0.130. The maximum Gasteiger partial charge on any atom is 0.244 e. The first-order chi connectivity index (χ1) is 7.70. The lowest BCUT2D eigenvalue weighted by Gasteiger charge is -2.33. The van der Waals surface area contributed by atoms with Crippen LogP contribution >= 0.6 is 0 Å². The van der Waals surface area contributed by atoms with Crippen LogP contribution in [-0.4, -0.2) is 23.9 Å². The van der Waals surface area contributed by atoms with E-state index in [1.165, 1.54) is 19.3 Å². The summed E-state index contributed by atoms with van der Waals surface area (Å²) in [5.41, 5.74) is 0. The van der Waals surface area contributed by atoms with Crippen molar-refractivity contribution < 1.29 is 9.59 Å². The predicted octanol–water partition coefficient (Wildman–Crippen LogP) is 0.960. The summed E-state index contributed by atoms with van der Waals surface area (Å²) in [4.78, 5) is 22.5. The highest BCUT2D eigenvalue weighted by molar-refractivity contribution is 6.05. The molecule has 2 fully saturated rings. The van der Waals surface area contributed by atoms with E-state index in [-0.39, 0.29) is 17.9 Å². The number of amides is 2. The van der Waals surface area contributed by atoms with Gasteiger partial charge in [0.1, 0.15) is 0 Å². The summed E-state index contributed by atoms with van der Waals surface area (Å²) < 4.78 is 0. The lowest BCUT2D eigenvalue weighted by molar-refractivity contribution is -0.125. The maximum absolute atomic E-state index is 11.5. The average molecular weight is 224 g/mol. The van der Waals surface area contributed by atoms with Gasteiger partial charge < -0.3 is 5.32 Å². The van der Waals surface area contributed by atoms with Crippen molar-refractivity contribution >= 4 is 11.8 Å². The van der Waals surface area contributed by atoms with Crippen molar-refractivity contribution in [3.8, 4) is 0 Å². The molecule has 1 aliphatic carbocycles. The fraction of sp³-hybridized carbons (Fsp3) is 0.833. The van der Waals surface area contributed by atoms with Gasteiger partial charge in [0, 0.05) is 6.04 Å². The second-order valence-corrected chi connectivity index (χ2v) is 4.90. The molecule has 0 spiro atoms. The van der Waals surface area contributed by atoms with E-state index in [2.05, 4.69) is 17.6 Å². The summed E-state index contributed by atoms with van der Waals surface area (Å²) in [5.74, 6) is 0.369. The molecular formula is C12H20N2O2. The summed E-state index contributed by atoms with van der Waals surface area (Å²) in [6.45, 7) is 2.20. The Kier molecular flexibility index (Phi) is 3.59. The standard InChI is InChI=1S/C12H20N2O2/c1-2-8-5-3-4-6-9(8)13-10-7-11(15)14-12(10)16/h8-10,13H,2-7H2,1H3,(H,14,15,16). The molecule has 4 nitrogen and oxygen atoms in total. The van der Waals surface area contributed by atoms with Crippen LogP contribution in [0.3, 0.4) is 0 Å². The van der Waals surface area contributed by atoms with Gasteiger partial charge in [-0.1, -0.05) is 26.2 Å². The van der Waals surface area contributed by atoms with Gasteiger partial charge in [0.25, 0.3) is 0 Å². The zero-order valence-corrected chi connectivity index (χ0v) is 9.79. The van der Waals surface area contributed by atoms with E-state index in [9.17, 15) is 9.59 Å². The number of rotatable bonds is 3. The molecule has 3 atom stereocenters. The number of hydrogen-bond acceptors (Lipinski definition) is 3. The third-order valence-electron chi connectivity index (χ3n) is 3.82. The zero-order valence-electron chi connectivity index (χ0n) is 9.79. The monoisotopic (exact) mass is 224 g/mol. The molecule has 3 unspecified atom stereocenters. The topological polar surface area (TPSA) is 58.2 Å². The summed E-state index contributed by atoms with van der Waals surface area (Å²) in [5, 5.41) is 5.72. The molecule has 1 heterocycles. The molecule has 1 saturated heterocycles. The van der Waals surface area contributed by atoms with E-state index >= 15 is 0 Å². The van der Waals surface area contributed by atoms with Crippen molar-refractivity contribution in [2.45, 2.75) is 57.5 Å². The van der Waals surface area contributed by atoms with Crippen LogP contribution in [0.2, 0.25) is 0 Å². The smallest absolute Gasteiger partial charge is 0.244 e. The van der Waals surface area contributed by atoms with Crippen LogP contribution < -0.4 is 10.6 Å². The van der Waals surface area contributed by atoms with Gasteiger partial charge in [0.05, 0.1) is 12.5 Å². The van der Waals surface area contributed by atoms with Gasteiger partial charge in [-0.3, -0.25) is 14.9 Å². The van der Waals surface area contributed by atoms with Crippen molar-refractivity contribution in [1.29, 1.82) is 0 Å². The van der Waals surface area contributed by atoms with Gasteiger partial charge in [-0.2, -0.15) is 0 Å². The van der Waals surface area contributed by atoms with E-state index < -0.39 is 0 Å². The van der Waals surface area contributed by atoms with E-state index in [4.69, 9.17) is 0 Å². The molecule has 90 valence electrons. The molecule has 2 rings (SSSR count). The molecule has 1 aliphatic heterocycles. The van der Waals surface area contributed by atoms with Crippen molar-refractivity contribution in [3.05, 3.63) is 0 Å². The minimum Gasteiger partial charge on any atom is -0.302 e. The molecule has 0 aromatic carbocycles. The van der Waals surface area contributed by atoms with Crippen molar-refractivity contribution in [1.82, 2.24) is 10.6 Å². The Morgan fingerprint density at radius 3 is 2.69 bits per heavy atom. The summed E-state index contributed by atoms with van der Waals surface area (Å²) >= 11 is 0. The quantitative estimate of drug-likeness (QED) is 0.702. The molecule has 2 amide bonds. The lowest BCUT2D eigenvalue weighted by Crippen LogP contribution is -2.47. The Hall–Kier alpha value is -0.900. The molecular weight excluding hydrogens is 204 g/mol. The van der Waals surface area contributed by atoms with Gasteiger partial charge >= 0.3 is 0 Å². The largest absolute Gasteiger partial charge is 0.302 e. The Morgan fingerprint density at radius 1 is 1.31 bits per heavy atom. The fourth-order valence-electron chi connectivity index (χ4n) is 2.86. The highest BCUT2D eigenvalue weighted by Crippen LogP contribution is 2.27. The second kappa shape index (κ2) is 4.95. The molecule has 2 aliphatic rings. The Morgan fingerprint density at radius 2 is 2.06 bits per heavy atom. The molecule has 0 aromatic rings. The third-order valence-corrected chi connectivity index (χ3v) is 3.82. The molecule has 1 saturated carbocycles. The Bertz CT molecular complexity index is 291. The number of nitrogens with one attached hydrogen (secondary N) is 2. The van der Waals surface area contributed by atoms with Crippen LogP contribution in [-0.2, 0) is 9.59 Å². The van der Waals surface area contributed by atoms with E-state index in [0.717, 1.165) is 12.8 Å². The van der Waals surface area contributed by atoms with E-state index in [1.807, 2.05) is 0 Å². The number of carbonyl (C=O) groups is 2. The van der Waals surface area contributed by atoms with Crippen LogP contribution in [0.5, 0.6) is 0 Å².